The number of hydrogen-bond acceptors (Lipinski definition) is 7. The van der Waals surface area contributed by atoms with E-state index < -0.39 is 5.60 Å². The quantitative estimate of drug-likeness (QED) is 0.618. The summed E-state index contributed by atoms with van der Waals surface area (Å²) in [5, 5.41) is 1.26. The average Bonchev–Trinajstić information content (AvgIpc) is 2.95. The van der Waals surface area contributed by atoms with Crippen LogP contribution in [0.3, 0.4) is 0 Å². The molecule has 2 saturated heterocycles. The molecule has 5 rings (SSSR count). The van der Waals surface area contributed by atoms with Crippen molar-refractivity contribution in [2.75, 3.05) is 23.7 Å². The molecule has 0 radical (unpaired) electrons. The Kier molecular flexibility index (Phi) is 4.66. The molecule has 30 heavy (non-hydrogen) atoms. The molecule has 2 bridgehead atoms. The predicted molar refractivity (Wildman–Crippen MR) is 117 cm³/mol. The van der Waals surface area contributed by atoms with E-state index >= 15 is 0 Å². The van der Waals surface area contributed by atoms with Crippen LogP contribution in [-0.4, -0.2) is 62.1 Å². The number of fused-ring (bicyclic) bond motifs is 2. The summed E-state index contributed by atoms with van der Waals surface area (Å²) in [5.74, 6) is 1.41. The maximum Gasteiger partial charge on any atom is 0.410 e. The first kappa shape index (κ1) is 19.9. The number of nitrogens with zero attached hydrogens (tertiary/aromatic N) is 5. The number of ether oxygens (including phenoxy) is 1. The SMILES string of the molecule is CC(C)(C)OC(=O)N1C2CCC1CN(c1nc(=O)n3c4c(c(Cl)ncc14)SCC3)C2. The first-order valence-electron chi connectivity index (χ1n) is 10.2. The second-order valence-electron chi connectivity index (χ2n) is 9.04. The zero-order chi connectivity index (χ0) is 21.2. The van der Waals surface area contributed by atoms with Crippen LogP contribution in [0.2, 0.25) is 5.15 Å². The van der Waals surface area contributed by atoms with Crippen LogP contribution in [0, 0.1) is 0 Å². The lowest BCUT2D eigenvalue weighted by Gasteiger charge is -2.42. The number of halogens is 1. The summed E-state index contributed by atoms with van der Waals surface area (Å²) in [5.41, 5.74) is 0.0364. The molecule has 0 N–H and O–H groups in total. The second-order valence-corrected chi connectivity index (χ2v) is 10.5. The lowest BCUT2D eigenvalue weighted by Crippen LogP contribution is -2.57. The van der Waals surface area contributed by atoms with Crippen LogP contribution in [0.4, 0.5) is 10.6 Å². The normalized spacial score (nSPS) is 23.2. The molecule has 0 aliphatic carbocycles. The van der Waals surface area contributed by atoms with Gasteiger partial charge >= 0.3 is 11.8 Å². The molecular formula is C20H24ClN5O3S. The number of amides is 1. The molecule has 8 nitrogen and oxygen atoms in total. The van der Waals surface area contributed by atoms with Crippen LogP contribution in [0.5, 0.6) is 0 Å². The molecule has 2 unspecified atom stereocenters. The van der Waals surface area contributed by atoms with Gasteiger partial charge in [-0.2, -0.15) is 4.98 Å². The van der Waals surface area contributed by atoms with Gasteiger partial charge in [-0.15, -0.1) is 11.8 Å². The highest BCUT2D eigenvalue weighted by Crippen LogP contribution is 2.40. The molecule has 0 spiro atoms. The van der Waals surface area contributed by atoms with Gasteiger partial charge in [-0.1, -0.05) is 11.6 Å². The summed E-state index contributed by atoms with van der Waals surface area (Å²) in [7, 11) is 0. The van der Waals surface area contributed by atoms with Crippen LogP contribution in [0.15, 0.2) is 15.9 Å². The van der Waals surface area contributed by atoms with Gasteiger partial charge in [0.1, 0.15) is 16.6 Å². The number of anilines is 1. The molecule has 2 fully saturated rings. The number of aryl methyl sites for hydroxylation is 1. The number of rotatable bonds is 1. The highest BCUT2D eigenvalue weighted by molar-refractivity contribution is 7.99. The van der Waals surface area contributed by atoms with E-state index in [-0.39, 0.29) is 23.9 Å². The van der Waals surface area contributed by atoms with Gasteiger partial charge in [0.25, 0.3) is 0 Å². The second kappa shape index (κ2) is 7.02. The van der Waals surface area contributed by atoms with Crippen LogP contribution in [0.1, 0.15) is 33.6 Å². The number of pyridine rings is 1. The third-order valence-electron chi connectivity index (χ3n) is 5.86. The van der Waals surface area contributed by atoms with Crippen molar-refractivity contribution in [1.82, 2.24) is 19.4 Å². The standard InChI is InChI=1S/C20H24ClN5O3S/c1-20(2,3)29-19(28)26-11-4-5-12(26)10-24(9-11)17-13-8-22-16(21)15-14(13)25(6-7-30-15)18(27)23-17/h8,11-12H,4-7,9-10H2,1-3H3. The summed E-state index contributed by atoms with van der Waals surface area (Å²) < 4.78 is 7.33. The van der Waals surface area contributed by atoms with Crippen LogP contribution >= 0.6 is 23.4 Å². The molecule has 3 aliphatic heterocycles. The fraction of sp³-hybridized carbons (Fsp3) is 0.600. The molecule has 2 atom stereocenters. The Labute approximate surface area is 183 Å². The summed E-state index contributed by atoms with van der Waals surface area (Å²) in [6.07, 6.45) is 3.29. The Hall–Kier alpha value is -2.00. The number of thioether (sulfide) groups is 1. The fourth-order valence-corrected chi connectivity index (χ4v) is 6.01. The van der Waals surface area contributed by atoms with E-state index in [0.29, 0.717) is 30.6 Å². The van der Waals surface area contributed by atoms with Gasteiger partial charge in [0, 0.05) is 31.6 Å². The zero-order valence-corrected chi connectivity index (χ0v) is 18.8. The molecule has 0 aromatic carbocycles. The van der Waals surface area contributed by atoms with Crippen molar-refractivity contribution in [2.24, 2.45) is 0 Å². The van der Waals surface area contributed by atoms with Crippen molar-refractivity contribution < 1.29 is 9.53 Å². The third kappa shape index (κ3) is 3.22. The van der Waals surface area contributed by atoms with E-state index in [9.17, 15) is 9.59 Å². The molecule has 1 amide bonds. The van der Waals surface area contributed by atoms with Crippen molar-refractivity contribution in [1.29, 1.82) is 0 Å². The largest absolute Gasteiger partial charge is 0.444 e. The fourth-order valence-electron chi connectivity index (χ4n) is 4.70. The smallest absolute Gasteiger partial charge is 0.410 e. The molecule has 2 aromatic rings. The highest BCUT2D eigenvalue weighted by Gasteiger charge is 2.45. The molecule has 0 saturated carbocycles. The van der Waals surface area contributed by atoms with Crippen molar-refractivity contribution in [3.8, 4) is 0 Å². The van der Waals surface area contributed by atoms with E-state index in [0.717, 1.165) is 34.4 Å². The van der Waals surface area contributed by atoms with E-state index in [2.05, 4.69) is 14.9 Å². The number of aromatic nitrogens is 3. The van der Waals surface area contributed by atoms with Crippen LogP contribution in [-0.2, 0) is 11.3 Å². The van der Waals surface area contributed by atoms with Crippen molar-refractivity contribution in [3.05, 3.63) is 21.8 Å². The lowest BCUT2D eigenvalue weighted by molar-refractivity contribution is 0.0123. The molecule has 3 aliphatic rings. The minimum absolute atomic E-state index is 0.0416. The van der Waals surface area contributed by atoms with E-state index in [1.54, 1.807) is 22.5 Å². The van der Waals surface area contributed by atoms with Gasteiger partial charge in [-0.05, 0) is 33.6 Å². The summed E-state index contributed by atoms with van der Waals surface area (Å²) >= 11 is 7.95. The molecule has 10 heteroatoms. The van der Waals surface area contributed by atoms with Crippen LogP contribution < -0.4 is 10.6 Å². The topological polar surface area (TPSA) is 80.6 Å². The van der Waals surface area contributed by atoms with Gasteiger partial charge in [0.2, 0.25) is 0 Å². The van der Waals surface area contributed by atoms with E-state index in [4.69, 9.17) is 16.3 Å². The van der Waals surface area contributed by atoms with Gasteiger partial charge in [0.15, 0.2) is 0 Å². The van der Waals surface area contributed by atoms with E-state index in [1.807, 2.05) is 25.7 Å². The summed E-state index contributed by atoms with van der Waals surface area (Å²) in [6.45, 7) is 7.49. The number of carbonyl (C=O) groups excluding carboxylic acids is 1. The molecule has 2 aromatic heterocycles. The lowest BCUT2D eigenvalue weighted by atomic mass is 10.1. The molecule has 5 heterocycles. The Morgan fingerprint density at radius 3 is 2.63 bits per heavy atom. The number of hydrogen-bond donors (Lipinski definition) is 0. The maximum absolute atomic E-state index is 12.8. The summed E-state index contributed by atoms with van der Waals surface area (Å²) in [4.78, 5) is 39.2. The molecular weight excluding hydrogens is 426 g/mol. The van der Waals surface area contributed by atoms with E-state index in [1.165, 1.54) is 0 Å². The van der Waals surface area contributed by atoms with Gasteiger partial charge < -0.3 is 9.64 Å². The van der Waals surface area contributed by atoms with Crippen molar-refractivity contribution in [2.45, 2.75) is 62.7 Å². The van der Waals surface area contributed by atoms with Crippen molar-refractivity contribution >= 4 is 46.2 Å². The Bertz CT molecular complexity index is 1080. The first-order valence-corrected chi connectivity index (χ1v) is 11.6. The molecule has 160 valence electrons. The first-order chi connectivity index (χ1) is 14.2. The minimum Gasteiger partial charge on any atom is -0.444 e. The number of piperazine rings is 1. The zero-order valence-electron chi connectivity index (χ0n) is 17.2. The van der Waals surface area contributed by atoms with Gasteiger partial charge in [-0.3, -0.25) is 9.47 Å². The maximum atomic E-state index is 12.8. The highest BCUT2D eigenvalue weighted by atomic mass is 35.5. The van der Waals surface area contributed by atoms with Crippen LogP contribution in [0.25, 0.3) is 10.9 Å². The number of carbonyl (C=O) groups is 1. The van der Waals surface area contributed by atoms with Crippen molar-refractivity contribution in [3.63, 3.8) is 0 Å². The predicted octanol–water partition coefficient (Wildman–Crippen LogP) is 3.14. The minimum atomic E-state index is -0.525. The third-order valence-corrected chi connectivity index (χ3v) is 7.32. The Morgan fingerprint density at radius 1 is 1.27 bits per heavy atom. The van der Waals surface area contributed by atoms with Gasteiger partial charge in [-0.25, -0.2) is 14.6 Å². The Balaban J connectivity index is 1.51. The van der Waals surface area contributed by atoms with Gasteiger partial charge in [0.05, 0.1) is 27.9 Å². The summed E-state index contributed by atoms with van der Waals surface area (Å²) in [6, 6.07) is 0.0831. The Morgan fingerprint density at radius 2 is 1.97 bits per heavy atom. The monoisotopic (exact) mass is 449 g/mol. The average molecular weight is 450 g/mol.